The lowest BCUT2D eigenvalue weighted by atomic mass is 10.0. The second kappa shape index (κ2) is 42.5. The smallest absolute Gasteiger partial charge is 0.154 e. The van der Waals surface area contributed by atoms with E-state index in [9.17, 15) is 15.3 Å². The monoisotopic (exact) mass is 728 g/mol. The van der Waals surface area contributed by atoms with Crippen molar-refractivity contribution in [1.29, 1.82) is 0 Å². The highest BCUT2D eigenvalue weighted by Crippen LogP contribution is 2.20. The van der Waals surface area contributed by atoms with Crippen molar-refractivity contribution in [2.45, 2.75) is 258 Å². The molecule has 0 spiro atoms. The van der Waals surface area contributed by atoms with Crippen LogP contribution in [0.2, 0.25) is 0 Å². The quantitative estimate of drug-likeness (QED) is 0.0428. The van der Waals surface area contributed by atoms with E-state index in [4.69, 9.17) is 9.47 Å². The van der Waals surface area contributed by atoms with Gasteiger partial charge in [0, 0.05) is 19.8 Å². The number of nitrogens with zero attached hydrogens (tertiary/aromatic N) is 1. The first-order valence-corrected chi connectivity index (χ1v) is 23.0. The van der Waals surface area contributed by atoms with Crippen LogP contribution in [-0.4, -0.2) is 71.8 Å². The summed E-state index contributed by atoms with van der Waals surface area (Å²) < 4.78 is 11.9. The van der Waals surface area contributed by atoms with Gasteiger partial charge in [0.05, 0.1) is 6.10 Å². The summed E-state index contributed by atoms with van der Waals surface area (Å²) >= 11 is 0. The maximum absolute atomic E-state index is 10.7. The fourth-order valence-corrected chi connectivity index (χ4v) is 7.24. The zero-order chi connectivity index (χ0) is 37.3. The summed E-state index contributed by atoms with van der Waals surface area (Å²) in [6.45, 7) is 10.9. The summed E-state index contributed by atoms with van der Waals surface area (Å²) in [6, 6.07) is 0. The van der Waals surface area contributed by atoms with E-state index < -0.39 is 12.6 Å². The third-order valence-corrected chi connectivity index (χ3v) is 10.7. The summed E-state index contributed by atoms with van der Waals surface area (Å²) in [5, 5.41) is 30.3. The molecule has 0 saturated carbocycles. The number of unbranched alkanes of at least 4 members (excludes halogenated alkanes) is 24. The Kier molecular flexibility index (Phi) is 42.3. The van der Waals surface area contributed by atoms with Gasteiger partial charge in [0.1, 0.15) is 0 Å². The number of ether oxygens (including phenoxy) is 2. The SMILES string of the molecule is CCCCCCCCCCCOC(O)CCCCCN(CCCO)CCCCCCCC(O)OC(CCCCCCCC)CCCCCCCC. The van der Waals surface area contributed by atoms with Crippen molar-refractivity contribution >= 4 is 0 Å². The molecule has 2 atom stereocenters. The Morgan fingerprint density at radius 2 is 0.745 bits per heavy atom. The molecule has 0 amide bonds. The second-order valence-electron chi connectivity index (χ2n) is 15.8. The maximum atomic E-state index is 10.7. The molecule has 308 valence electrons. The van der Waals surface area contributed by atoms with Crippen molar-refractivity contribution in [3.8, 4) is 0 Å². The molecule has 0 rings (SSSR count). The molecule has 6 heteroatoms. The van der Waals surface area contributed by atoms with Crippen LogP contribution in [0.1, 0.15) is 239 Å². The Morgan fingerprint density at radius 3 is 1.22 bits per heavy atom. The fourth-order valence-electron chi connectivity index (χ4n) is 7.24. The average molecular weight is 728 g/mol. The van der Waals surface area contributed by atoms with Gasteiger partial charge in [-0.1, -0.05) is 175 Å². The summed E-state index contributed by atoms with van der Waals surface area (Å²) in [4.78, 5) is 2.51. The molecule has 3 N–H and O–H groups in total. The average Bonchev–Trinajstić information content (AvgIpc) is 3.13. The van der Waals surface area contributed by atoms with Crippen LogP contribution in [0.4, 0.5) is 0 Å². The molecular formula is C45H93NO5. The predicted molar refractivity (Wildman–Crippen MR) is 220 cm³/mol. The van der Waals surface area contributed by atoms with Crippen molar-refractivity contribution < 1.29 is 24.8 Å². The van der Waals surface area contributed by atoms with Crippen LogP contribution in [0.25, 0.3) is 0 Å². The first-order valence-electron chi connectivity index (χ1n) is 23.0. The van der Waals surface area contributed by atoms with E-state index in [0.29, 0.717) is 6.61 Å². The molecule has 0 aromatic heterocycles. The summed E-state index contributed by atoms with van der Waals surface area (Å²) in [5.41, 5.74) is 0. The van der Waals surface area contributed by atoms with Gasteiger partial charge in [0.25, 0.3) is 0 Å². The molecule has 0 aromatic carbocycles. The number of aliphatic hydroxyl groups is 3. The van der Waals surface area contributed by atoms with Gasteiger partial charge in [-0.05, 0) is 77.3 Å². The van der Waals surface area contributed by atoms with Crippen LogP contribution in [0.15, 0.2) is 0 Å². The van der Waals surface area contributed by atoms with Crippen LogP contribution in [0.5, 0.6) is 0 Å². The Labute approximate surface area is 319 Å². The van der Waals surface area contributed by atoms with Gasteiger partial charge in [0.2, 0.25) is 0 Å². The molecule has 0 aliphatic heterocycles. The molecular weight excluding hydrogens is 634 g/mol. The maximum Gasteiger partial charge on any atom is 0.154 e. The van der Waals surface area contributed by atoms with Gasteiger partial charge >= 0.3 is 0 Å². The molecule has 0 aliphatic rings. The molecule has 0 heterocycles. The Bertz CT molecular complexity index is 622. The third kappa shape index (κ3) is 39.3. The molecule has 0 radical (unpaired) electrons. The van der Waals surface area contributed by atoms with Crippen molar-refractivity contribution in [3.63, 3.8) is 0 Å². The van der Waals surface area contributed by atoms with Gasteiger partial charge in [0.15, 0.2) is 12.6 Å². The van der Waals surface area contributed by atoms with Gasteiger partial charge < -0.3 is 29.7 Å². The fraction of sp³-hybridized carbons (Fsp3) is 1.00. The van der Waals surface area contributed by atoms with E-state index >= 15 is 0 Å². The Hall–Kier alpha value is -0.240. The molecule has 0 aromatic rings. The number of hydrogen-bond donors (Lipinski definition) is 3. The molecule has 2 unspecified atom stereocenters. The van der Waals surface area contributed by atoms with E-state index in [2.05, 4.69) is 25.7 Å². The highest BCUT2D eigenvalue weighted by atomic mass is 16.6. The number of hydrogen-bond acceptors (Lipinski definition) is 6. The summed E-state index contributed by atoms with van der Waals surface area (Å²) in [7, 11) is 0. The highest BCUT2D eigenvalue weighted by molar-refractivity contribution is 4.63. The number of aliphatic hydroxyl groups excluding tert-OH is 3. The van der Waals surface area contributed by atoms with Crippen LogP contribution >= 0.6 is 0 Å². The zero-order valence-electron chi connectivity index (χ0n) is 34.9. The second-order valence-corrected chi connectivity index (χ2v) is 15.8. The molecule has 6 nitrogen and oxygen atoms in total. The first-order chi connectivity index (χ1) is 25.1. The molecule has 0 aliphatic carbocycles. The minimum atomic E-state index is -0.617. The first kappa shape index (κ1) is 50.8. The molecule has 0 saturated heterocycles. The Morgan fingerprint density at radius 1 is 0.392 bits per heavy atom. The van der Waals surface area contributed by atoms with E-state index in [1.807, 2.05) is 0 Å². The molecule has 51 heavy (non-hydrogen) atoms. The minimum Gasteiger partial charge on any atom is -0.396 e. The summed E-state index contributed by atoms with van der Waals surface area (Å²) in [6.07, 6.45) is 39.9. The van der Waals surface area contributed by atoms with Crippen molar-refractivity contribution in [2.75, 3.05) is 32.8 Å². The molecule has 0 fully saturated rings. The van der Waals surface area contributed by atoms with Gasteiger partial charge in [-0.3, -0.25) is 0 Å². The predicted octanol–water partition coefficient (Wildman–Crippen LogP) is 12.6. The Balaban J connectivity index is 4.03. The largest absolute Gasteiger partial charge is 0.396 e. The lowest BCUT2D eigenvalue weighted by Gasteiger charge is -2.22. The van der Waals surface area contributed by atoms with E-state index in [-0.39, 0.29) is 12.7 Å². The van der Waals surface area contributed by atoms with E-state index in [1.165, 1.54) is 148 Å². The van der Waals surface area contributed by atoms with Gasteiger partial charge in [-0.25, -0.2) is 0 Å². The van der Waals surface area contributed by atoms with Crippen LogP contribution in [-0.2, 0) is 9.47 Å². The van der Waals surface area contributed by atoms with Crippen LogP contribution < -0.4 is 0 Å². The van der Waals surface area contributed by atoms with Crippen molar-refractivity contribution in [2.24, 2.45) is 0 Å². The van der Waals surface area contributed by atoms with Gasteiger partial charge in [-0.15, -0.1) is 0 Å². The minimum absolute atomic E-state index is 0.218. The number of rotatable bonds is 44. The normalized spacial score (nSPS) is 13.2. The zero-order valence-corrected chi connectivity index (χ0v) is 34.9. The van der Waals surface area contributed by atoms with Crippen LogP contribution in [0, 0.1) is 0 Å². The lowest BCUT2D eigenvalue weighted by Crippen LogP contribution is -2.28. The van der Waals surface area contributed by atoms with Crippen molar-refractivity contribution in [3.05, 3.63) is 0 Å². The van der Waals surface area contributed by atoms with Gasteiger partial charge in [-0.2, -0.15) is 0 Å². The highest BCUT2D eigenvalue weighted by Gasteiger charge is 2.15. The van der Waals surface area contributed by atoms with Crippen LogP contribution in [0.3, 0.4) is 0 Å². The molecule has 0 bridgehead atoms. The lowest BCUT2D eigenvalue weighted by molar-refractivity contribution is -0.144. The standard InChI is InChI=1S/C45H93NO5/c1-4-7-10-13-16-17-18-24-32-42-50-44(48)36-29-25-31-39-46(40-33-41-47)38-30-23-19-22-28-37-45(49)51-43(34-26-20-14-11-8-5-2)35-27-21-15-12-9-6-3/h43-45,47-49H,4-42H2,1-3H3. The third-order valence-electron chi connectivity index (χ3n) is 10.7. The van der Waals surface area contributed by atoms with Crippen molar-refractivity contribution in [1.82, 2.24) is 4.90 Å². The summed E-state index contributed by atoms with van der Waals surface area (Å²) in [5.74, 6) is 0. The topological polar surface area (TPSA) is 82.4 Å². The van der Waals surface area contributed by atoms with E-state index in [1.54, 1.807) is 0 Å². The van der Waals surface area contributed by atoms with E-state index in [0.717, 1.165) is 90.3 Å².